The van der Waals surface area contributed by atoms with Crippen molar-refractivity contribution in [3.05, 3.63) is 11.8 Å². The fraction of sp³-hybridized carbons (Fsp3) is 0.667. The van der Waals surface area contributed by atoms with Gasteiger partial charge in [0.1, 0.15) is 5.82 Å². The number of alkyl halides is 3. The molecule has 1 fully saturated rings. The van der Waals surface area contributed by atoms with E-state index in [1.165, 1.54) is 6.20 Å². The molecule has 2 rings (SSSR count). The minimum Gasteiger partial charge on any atom is -0.311 e. The van der Waals surface area contributed by atoms with Crippen LogP contribution in [0.25, 0.3) is 0 Å². The maximum Gasteiger partial charge on any atom is 0.392 e. The Hall–Kier alpha value is -1.53. The molecular weight excluding hydrogens is 259 g/mol. The molecule has 0 spiro atoms. The molecule has 2 N–H and O–H groups in total. The molecule has 4 nitrogen and oxygen atoms in total. The zero-order chi connectivity index (χ0) is 14.0. The molecule has 1 heterocycles. The highest BCUT2D eigenvalue weighted by Gasteiger charge is 2.48. The number of nitrogens with zero attached hydrogens (tertiary/aromatic N) is 1. The molecule has 0 aliphatic heterocycles. The minimum atomic E-state index is -4.31. The first-order valence-electron chi connectivity index (χ1n) is 6.27. The molecule has 1 aromatic heterocycles. The summed E-state index contributed by atoms with van der Waals surface area (Å²) >= 11 is 0. The molecule has 1 aliphatic rings. The molecule has 106 valence electrons. The Morgan fingerprint density at radius 3 is 2.68 bits per heavy atom. The van der Waals surface area contributed by atoms with Crippen LogP contribution in [0.3, 0.4) is 0 Å². The zero-order valence-electron chi connectivity index (χ0n) is 10.5. The summed E-state index contributed by atoms with van der Waals surface area (Å²) < 4.78 is 38.7. The number of halogens is 3. The monoisotopic (exact) mass is 275 g/mol. The maximum atomic E-state index is 12.9. The molecule has 1 amide bonds. The summed E-state index contributed by atoms with van der Waals surface area (Å²) in [4.78, 5) is 12.0. The number of anilines is 1. The molecule has 2 atom stereocenters. The highest BCUT2D eigenvalue weighted by molar-refractivity contribution is 5.92. The molecule has 19 heavy (non-hydrogen) atoms. The van der Waals surface area contributed by atoms with Crippen LogP contribution in [0.5, 0.6) is 0 Å². The van der Waals surface area contributed by atoms with E-state index in [-0.39, 0.29) is 12.8 Å². The first-order chi connectivity index (χ1) is 8.89. The number of hydrogen-bond donors (Lipinski definition) is 2. The quantitative estimate of drug-likeness (QED) is 0.871. The van der Waals surface area contributed by atoms with E-state index in [0.29, 0.717) is 24.2 Å². The average molecular weight is 275 g/mol. The fourth-order valence-electron chi connectivity index (χ4n) is 2.53. The molecule has 1 aliphatic carbocycles. The smallest absolute Gasteiger partial charge is 0.311 e. The van der Waals surface area contributed by atoms with Crippen molar-refractivity contribution in [2.24, 2.45) is 11.8 Å². The summed E-state index contributed by atoms with van der Waals surface area (Å²) in [6.07, 6.45) is -1.31. The molecule has 0 bridgehead atoms. The lowest BCUT2D eigenvalue weighted by Gasteiger charge is -2.31. The molecule has 0 radical (unpaired) electrons. The SMILES string of the molecule is Cc1cn[nH]c1NC(=O)C1CCCCC1C(F)(F)F. The highest BCUT2D eigenvalue weighted by atomic mass is 19.4. The Morgan fingerprint density at radius 1 is 1.42 bits per heavy atom. The van der Waals surface area contributed by atoms with Crippen molar-refractivity contribution in [2.75, 3.05) is 5.32 Å². The first-order valence-corrected chi connectivity index (χ1v) is 6.27. The minimum absolute atomic E-state index is 0.0313. The van der Waals surface area contributed by atoms with E-state index in [2.05, 4.69) is 15.5 Å². The van der Waals surface area contributed by atoms with Gasteiger partial charge in [-0.05, 0) is 19.8 Å². The number of carbonyl (C=O) groups excluding carboxylic acids is 1. The molecule has 0 saturated heterocycles. The van der Waals surface area contributed by atoms with Crippen LogP contribution in [0.1, 0.15) is 31.2 Å². The number of amides is 1. The lowest BCUT2D eigenvalue weighted by molar-refractivity contribution is -0.197. The molecule has 2 unspecified atom stereocenters. The van der Waals surface area contributed by atoms with Gasteiger partial charge in [-0.3, -0.25) is 9.89 Å². The average Bonchev–Trinajstić information content (AvgIpc) is 2.74. The van der Waals surface area contributed by atoms with Crippen LogP contribution in [-0.4, -0.2) is 22.3 Å². The van der Waals surface area contributed by atoms with Gasteiger partial charge in [0.2, 0.25) is 5.91 Å². The molecule has 1 aromatic rings. The molecule has 1 saturated carbocycles. The van der Waals surface area contributed by atoms with Crippen LogP contribution in [-0.2, 0) is 4.79 Å². The second kappa shape index (κ2) is 5.22. The first kappa shape index (κ1) is 13.9. The molecule has 7 heteroatoms. The van der Waals surface area contributed by atoms with E-state index < -0.39 is 23.9 Å². The van der Waals surface area contributed by atoms with Gasteiger partial charge in [-0.2, -0.15) is 18.3 Å². The van der Waals surface area contributed by atoms with Gasteiger partial charge in [0, 0.05) is 11.5 Å². The summed E-state index contributed by atoms with van der Waals surface area (Å²) in [7, 11) is 0. The third-order valence-corrected chi connectivity index (χ3v) is 3.60. The number of hydrogen-bond acceptors (Lipinski definition) is 2. The highest BCUT2D eigenvalue weighted by Crippen LogP contribution is 2.41. The number of aromatic amines is 1. The van der Waals surface area contributed by atoms with Crippen LogP contribution >= 0.6 is 0 Å². The van der Waals surface area contributed by atoms with E-state index in [4.69, 9.17) is 0 Å². The second-order valence-electron chi connectivity index (χ2n) is 4.96. The van der Waals surface area contributed by atoms with Crippen molar-refractivity contribution in [3.63, 3.8) is 0 Å². The summed E-state index contributed by atoms with van der Waals surface area (Å²) in [5.74, 6) is -2.74. The fourth-order valence-corrected chi connectivity index (χ4v) is 2.53. The topological polar surface area (TPSA) is 57.8 Å². The standard InChI is InChI=1S/C12H16F3N3O/c1-7-6-16-18-10(7)17-11(19)8-4-2-3-5-9(8)12(13,14)15/h6,8-9H,2-5H2,1H3,(H2,16,17,18,19). The number of H-pyrrole nitrogens is 1. The number of aryl methyl sites for hydroxylation is 1. The normalized spacial score (nSPS) is 24.2. The van der Waals surface area contributed by atoms with E-state index in [1.807, 2.05) is 0 Å². The van der Waals surface area contributed by atoms with Crippen LogP contribution in [0.15, 0.2) is 6.20 Å². The number of rotatable bonds is 2. The Bertz CT molecular complexity index is 455. The summed E-state index contributed by atoms with van der Waals surface area (Å²) in [5, 5.41) is 8.80. The van der Waals surface area contributed by atoms with Crippen molar-refractivity contribution >= 4 is 11.7 Å². The maximum absolute atomic E-state index is 12.9. The Labute approximate surface area is 108 Å². The van der Waals surface area contributed by atoms with Crippen LogP contribution in [0, 0.1) is 18.8 Å². The summed E-state index contributed by atoms with van der Waals surface area (Å²) in [5.41, 5.74) is 0.702. The van der Waals surface area contributed by atoms with Crippen molar-refractivity contribution in [1.29, 1.82) is 0 Å². The van der Waals surface area contributed by atoms with Crippen molar-refractivity contribution in [1.82, 2.24) is 10.2 Å². The van der Waals surface area contributed by atoms with Gasteiger partial charge in [-0.15, -0.1) is 0 Å². The van der Waals surface area contributed by atoms with Gasteiger partial charge in [0.05, 0.1) is 12.1 Å². The van der Waals surface area contributed by atoms with Crippen molar-refractivity contribution < 1.29 is 18.0 Å². The number of aromatic nitrogens is 2. The number of carbonyl (C=O) groups is 1. The Kier molecular flexibility index (Phi) is 3.82. The predicted octanol–water partition coefficient (Wildman–Crippen LogP) is 3.03. The van der Waals surface area contributed by atoms with E-state index in [9.17, 15) is 18.0 Å². The number of nitrogens with one attached hydrogen (secondary N) is 2. The Morgan fingerprint density at radius 2 is 2.11 bits per heavy atom. The largest absolute Gasteiger partial charge is 0.392 e. The van der Waals surface area contributed by atoms with Gasteiger partial charge in [-0.1, -0.05) is 12.8 Å². The zero-order valence-corrected chi connectivity index (χ0v) is 10.5. The second-order valence-corrected chi connectivity index (χ2v) is 4.96. The van der Waals surface area contributed by atoms with Crippen LogP contribution in [0.4, 0.5) is 19.0 Å². The van der Waals surface area contributed by atoms with Gasteiger partial charge in [0.25, 0.3) is 0 Å². The third kappa shape index (κ3) is 3.08. The molecular formula is C12H16F3N3O. The van der Waals surface area contributed by atoms with Gasteiger partial charge in [-0.25, -0.2) is 0 Å². The molecule has 0 aromatic carbocycles. The van der Waals surface area contributed by atoms with Crippen LogP contribution in [0.2, 0.25) is 0 Å². The lowest BCUT2D eigenvalue weighted by Crippen LogP contribution is -2.39. The lowest BCUT2D eigenvalue weighted by atomic mass is 9.78. The predicted molar refractivity (Wildman–Crippen MR) is 63.5 cm³/mol. The van der Waals surface area contributed by atoms with Crippen molar-refractivity contribution in [2.45, 2.75) is 38.8 Å². The van der Waals surface area contributed by atoms with Gasteiger partial charge < -0.3 is 5.32 Å². The van der Waals surface area contributed by atoms with E-state index in [0.717, 1.165) is 0 Å². The summed E-state index contributed by atoms with van der Waals surface area (Å²) in [6, 6.07) is 0. The van der Waals surface area contributed by atoms with E-state index >= 15 is 0 Å². The van der Waals surface area contributed by atoms with Crippen LogP contribution < -0.4 is 5.32 Å². The van der Waals surface area contributed by atoms with E-state index in [1.54, 1.807) is 6.92 Å². The summed E-state index contributed by atoms with van der Waals surface area (Å²) in [6.45, 7) is 1.72. The van der Waals surface area contributed by atoms with Gasteiger partial charge in [0.15, 0.2) is 0 Å². The Balaban J connectivity index is 2.10. The van der Waals surface area contributed by atoms with Gasteiger partial charge >= 0.3 is 6.18 Å². The third-order valence-electron chi connectivity index (χ3n) is 3.60. The van der Waals surface area contributed by atoms with Crippen molar-refractivity contribution in [3.8, 4) is 0 Å².